The summed E-state index contributed by atoms with van der Waals surface area (Å²) in [6.45, 7) is 0. The third kappa shape index (κ3) is 2.95. The molecule has 1 fully saturated rings. The second kappa shape index (κ2) is 4.89. The zero-order valence-electron chi connectivity index (χ0n) is 9.88. The molecule has 1 atom stereocenters. The van der Waals surface area contributed by atoms with Crippen molar-refractivity contribution in [2.45, 2.75) is 12.5 Å². The van der Waals surface area contributed by atoms with E-state index in [4.69, 9.17) is 0 Å². The zero-order valence-corrected chi connectivity index (χ0v) is 10.7. The van der Waals surface area contributed by atoms with E-state index >= 15 is 0 Å². The Morgan fingerprint density at radius 1 is 1.44 bits per heavy atom. The Labute approximate surface area is 105 Å². The molecule has 0 aliphatic carbocycles. The van der Waals surface area contributed by atoms with Crippen LogP contribution in [-0.2, 0) is 9.84 Å². The average Bonchev–Trinajstić information content (AvgIpc) is 2.68. The van der Waals surface area contributed by atoms with Gasteiger partial charge in [-0.05, 0) is 6.42 Å². The van der Waals surface area contributed by atoms with Gasteiger partial charge < -0.3 is 10.6 Å². The van der Waals surface area contributed by atoms with Crippen LogP contribution in [0, 0.1) is 0 Å². The molecule has 0 bridgehead atoms. The van der Waals surface area contributed by atoms with Crippen molar-refractivity contribution in [3.05, 3.63) is 18.1 Å². The Hall–Kier alpha value is -1.70. The van der Waals surface area contributed by atoms with E-state index in [1.165, 1.54) is 12.4 Å². The van der Waals surface area contributed by atoms with E-state index in [2.05, 4.69) is 20.6 Å². The number of nitrogens with zero attached hydrogens (tertiary/aromatic N) is 2. The van der Waals surface area contributed by atoms with Crippen LogP contribution in [-0.4, -0.2) is 48.9 Å². The van der Waals surface area contributed by atoms with Crippen LogP contribution >= 0.6 is 0 Å². The summed E-state index contributed by atoms with van der Waals surface area (Å²) >= 11 is 0. The minimum atomic E-state index is -3.00. The minimum Gasteiger partial charge on any atom is -0.372 e. The van der Waals surface area contributed by atoms with E-state index in [-0.39, 0.29) is 23.2 Å². The van der Waals surface area contributed by atoms with E-state index < -0.39 is 15.7 Å². The van der Waals surface area contributed by atoms with Gasteiger partial charge in [-0.3, -0.25) is 9.78 Å². The second-order valence-corrected chi connectivity index (χ2v) is 6.34. The maximum Gasteiger partial charge on any atom is 0.271 e. The number of sulfone groups is 1. The number of hydrogen-bond acceptors (Lipinski definition) is 6. The van der Waals surface area contributed by atoms with Gasteiger partial charge in [-0.25, -0.2) is 13.4 Å². The number of carbonyl (C=O) groups excluding carboxylic acids is 1. The normalized spacial score (nSPS) is 21.5. The molecule has 18 heavy (non-hydrogen) atoms. The quantitative estimate of drug-likeness (QED) is 0.763. The summed E-state index contributed by atoms with van der Waals surface area (Å²) in [6.07, 6.45) is 3.30. The zero-order chi connectivity index (χ0) is 13.2. The molecule has 1 aliphatic rings. The van der Waals surface area contributed by atoms with E-state index in [0.717, 1.165) is 0 Å². The Bertz CT molecular complexity index is 558. The third-order valence-corrected chi connectivity index (χ3v) is 4.46. The third-order valence-electron chi connectivity index (χ3n) is 2.69. The molecule has 0 radical (unpaired) electrons. The number of nitrogens with one attached hydrogen (secondary N) is 2. The van der Waals surface area contributed by atoms with Crippen molar-refractivity contribution in [3.63, 3.8) is 0 Å². The van der Waals surface area contributed by atoms with Crippen LogP contribution in [0.25, 0.3) is 0 Å². The van der Waals surface area contributed by atoms with Crippen molar-refractivity contribution < 1.29 is 13.2 Å². The molecule has 1 aliphatic heterocycles. The van der Waals surface area contributed by atoms with Gasteiger partial charge in [-0.15, -0.1) is 0 Å². The molecule has 0 aromatic carbocycles. The summed E-state index contributed by atoms with van der Waals surface area (Å²) in [4.78, 5) is 19.8. The lowest BCUT2D eigenvalue weighted by Crippen LogP contribution is -2.36. The molecule has 98 valence electrons. The molecule has 1 saturated heterocycles. The van der Waals surface area contributed by atoms with Gasteiger partial charge >= 0.3 is 0 Å². The standard InChI is InChI=1S/C10H14N4O3S/c1-11-9-5-12-4-8(14-9)10(15)13-7-2-3-18(16,17)6-7/h4-5,7H,2-3,6H2,1H3,(H,11,14)(H,13,15). The van der Waals surface area contributed by atoms with Crippen molar-refractivity contribution in [1.82, 2.24) is 15.3 Å². The first kappa shape index (κ1) is 12.7. The number of aromatic nitrogens is 2. The first-order chi connectivity index (χ1) is 8.50. The van der Waals surface area contributed by atoms with Gasteiger partial charge in [0.25, 0.3) is 5.91 Å². The van der Waals surface area contributed by atoms with Crippen LogP contribution in [0.15, 0.2) is 12.4 Å². The second-order valence-electron chi connectivity index (χ2n) is 4.11. The van der Waals surface area contributed by atoms with E-state index in [9.17, 15) is 13.2 Å². The summed E-state index contributed by atoms with van der Waals surface area (Å²) in [6, 6.07) is -0.331. The minimum absolute atomic E-state index is 0.00210. The fourth-order valence-corrected chi connectivity index (χ4v) is 3.44. The average molecular weight is 270 g/mol. The highest BCUT2D eigenvalue weighted by Gasteiger charge is 2.29. The SMILES string of the molecule is CNc1cncc(C(=O)NC2CCS(=O)(=O)C2)n1. The summed E-state index contributed by atoms with van der Waals surface area (Å²) < 4.78 is 22.5. The van der Waals surface area contributed by atoms with E-state index in [1.807, 2.05) is 0 Å². The number of hydrogen-bond donors (Lipinski definition) is 2. The van der Waals surface area contributed by atoms with Gasteiger partial charge in [0.05, 0.1) is 23.9 Å². The maximum atomic E-state index is 11.8. The van der Waals surface area contributed by atoms with E-state index in [1.54, 1.807) is 7.05 Å². The van der Waals surface area contributed by atoms with Crippen LogP contribution in [0.1, 0.15) is 16.9 Å². The molecular formula is C10H14N4O3S. The van der Waals surface area contributed by atoms with Gasteiger partial charge in [0.2, 0.25) is 0 Å². The van der Waals surface area contributed by atoms with Crippen LogP contribution in [0.4, 0.5) is 5.82 Å². The Morgan fingerprint density at radius 3 is 2.83 bits per heavy atom. The Morgan fingerprint density at radius 2 is 2.22 bits per heavy atom. The van der Waals surface area contributed by atoms with Gasteiger partial charge in [-0.2, -0.15) is 0 Å². The highest BCUT2D eigenvalue weighted by Crippen LogP contribution is 2.12. The number of rotatable bonds is 3. The fourth-order valence-electron chi connectivity index (χ4n) is 1.76. The molecule has 2 heterocycles. The molecule has 1 unspecified atom stereocenters. The molecule has 2 rings (SSSR count). The molecular weight excluding hydrogens is 256 g/mol. The van der Waals surface area contributed by atoms with E-state index in [0.29, 0.717) is 12.2 Å². The van der Waals surface area contributed by atoms with Crippen LogP contribution in [0.5, 0.6) is 0 Å². The first-order valence-corrected chi connectivity index (χ1v) is 7.33. The van der Waals surface area contributed by atoms with Crippen LogP contribution in [0.3, 0.4) is 0 Å². The monoisotopic (exact) mass is 270 g/mol. The maximum absolute atomic E-state index is 11.8. The summed E-state index contributed by atoms with van der Waals surface area (Å²) in [5, 5.41) is 5.43. The summed E-state index contributed by atoms with van der Waals surface area (Å²) in [5.41, 5.74) is 0.172. The largest absolute Gasteiger partial charge is 0.372 e. The predicted molar refractivity (Wildman–Crippen MR) is 66.1 cm³/mol. The molecule has 1 amide bonds. The number of amides is 1. The first-order valence-electron chi connectivity index (χ1n) is 5.51. The smallest absolute Gasteiger partial charge is 0.271 e. The van der Waals surface area contributed by atoms with Crippen molar-refractivity contribution in [1.29, 1.82) is 0 Å². The Kier molecular flexibility index (Phi) is 3.46. The lowest BCUT2D eigenvalue weighted by atomic mass is 10.2. The van der Waals surface area contributed by atoms with Gasteiger partial charge in [-0.1, -0.05) is 0 Å². The van der Waals surface area contributed by atoms with Crippen molar-refractivity contribution in [2.75, 3.05) is 23.9 Å². The molecule has 1 aromatic heterocycles. The van der Waals surface area contributed by atoms with Gasteiger partial charge in [0, 0.05) is 13.1 Å². The molecule has 1 aromatic rings. The van der Waals surface area contributed by atoms with Crippen molar-refractivity contribution in [2.24, 2.45) is 0 Å². The van der Waals surface area contributed by atoms with Gasteiger partial charge in [0.1, 0.15) is 11.5 Å². The Balaban J connectivity index is 2.04. The fraction of sp³-hybridized carbons (Fsp3) is 0.500. The number of carbonyl (C=O) groups is 1. The highest BCUT2D eigenvalue weighted by atomic mass is 32.2. The summed E-state index contributed by atoms with van der Waals surface area (Å²) in [5.74, 6) is 0.210. The van der Waals surface area contributed by atoms with Gasteiger partial charge in [0.15, 0.2) is 9.84 Å². The molecule has 2 N–H and O–H groups in total. The van der Waals surface area contributed by atoms with Crippen molar-refractivity contribution in [3.8, 4) is 0 Å². The highest BCUT2D eigenvalue weighted by molar-refractivity contribution is 7.91. The summed E-state index contributed by atoms with van der Waals surface area (Å²) in [7, 11) is -1.32. The predicted octanol–water partition coefficient (Wildman–Crippen LogP) is -0.565. The molecule has 0 saturated carbocycles. The lowest BCUT2D eigenvalue weighted by Gasteiger charge is -2.10. The molecule has 0 spiro atoms. The number of anilines is 1. The molecule has 8 heteroatoms. The van der Waals surface area contributed by atoms with Crippen LogP contribution < -0.4 is 10.6 Å². The topological polar surface area (TPSA) is 101 Å². The van der Waals surface area contributed by atoms with Crippen LogP contribution in [0.2, 0.25) is 0 Å². The lowest BCUT2D eigenvalue weighted by molar-refractivity contribution is 0.0936. The molecule has 7 nitrogen and oxygen atoms in total. The van der Waals surface area contributed by atoms with Crippen molar-refractivity contribution >= 4 is 21.6 Å².